The second-order valence-corrected chi connectivity index (χ2v) is 8.96. The van der Waals surface area contributed by atoms with Gasteiger partial charge in [-0.25, -0.2) is 4.68 Å². The molecular formula is C24H28BN3O4. The maximum Gasteiger partial charge on any atom is 0.466 e. The normalized spacial score (nSPS) is 17.8. The van der Waals surface area contributed by atoms with Gasteiger partial charge in [-0.2, -0.15) is 5.10 Å². The van der Waals surface area contributed by atoms with Crippen molar-refractivity contribution in [3.63, 3.8) is 0 Å². The minimum Gasteiger partial charge on any atom is -0.469 e. The molecule has 3 aromatic rings. The van der Waals surface area contributed by atoms with Gasteiger partial charge in [0.2, 0.25) is 0 Å². The van der Waals surface area contributed by atoms with Crippen LogP contribution in [0.3, 0.4) is 0 Å². The lowest BCUT2D eigenvalue weighted by atomic mass is 9.66. The molecule has 0 bridgehead atoms. The average molecular weight is 433 g/mol. The van der Waals surface area contributed by atoms with Crippen LogP contribution in [0.1, 0.15) is 45.5 Å². The van der Waals surface area contributed by atoms with E-state index in [2.05, 4.69) is 4.98 Å². The summed E-state index contributed by atoms with van der Waals surface area (Å²) >= 11 is 0. The third-order valence-electron chi connectivity index (χ3n) is 6.33. The van der Waals surface area contributed by atoms with Crippen LogP contribution in [-0.2, 0) is 18.8 Å². The Morgan fingerprint density at radius 2 is 1.69 bits per heavy atom. The number of aromatic nitrogens is 3. The number of hydrogen-bond donors (Lipinski definition) is 0. The van der Waals surface area contributed by atoms with Gasteiger partial charge in [0.25, 0.3) is 0 Å². The second-order valence-electron chi connectivity index (χ2n) is 8.96. The highest BCUT2D eigenvalue weighted by Crippen LogP contribution is 2.43. The van der Waals surface area contributed by atoms with Crippen molar-refractivity contribution in [1.29, 1.82) is 0 Å². The zero-order valence-electron chi connectivity index (χ0n) is 19.1. The molecule has 4 rings (SSSR count). The molecule has 1 aromatic carbocycles. The summed E-state index contributed by atoms with van der Waals surface area (Å²) < 4.78 is 19.5. The van der Waals surface area contributed by atoms with Crippen LogP contribution in [0.2, 0.25) is 0 Å². The van der Waals surface area contributed by atoms with Crippen molar-refractivity contribution in [3.05, 3.63) is 66.6 Å². The zero-order chi connectivity index (χ0) is 22.9. The largest absolute Gasteiger partial charge is 0.469 e. The summed E-state index contributed by atoms with van der Waals surface area (Å²) in [5.74, 6) is -0.748. The van der Waals surface area contributed by atoms with Crippen LogP contribution in [0.25, 0.3) is 16.9 Å². The summed E-state index contributed by atoms with van der Waals surface area (Å²) in [4.78, 5) is 16.6. The van der Waals surface area contributed by atoms with Gasteiger partial charge in [0, 0.05) is 35.5 Å². The Morgan fingerprint density at radius 1 is 1.06 bits per heavy atom. The maximum absolute atomic E-state index is 12.4. The van der Waals surface area contributed by atoms with E-state index in [9.17, 15) is 4.79 Å². The first-order valence-electron chi connectivity index (χ1n) is 10.7. The molecule has 0 N–H and O–H groups in total. The molecule has 32 heavy (non-hydrogen) atoms. The fourth-order valence-electron chi connectivity index (χ4n) is 3.77. The van der Waals surface area contributed by atoms with Gasteiger partial charge in [0.1, 0.15) is 0 Å². The number of methoxy groups -OCH3 is 1. The number of hydrogen-bond acceptors (Lipinski definition) is 6. The van der Waals surface area contributed by atoms with Crippen LogP contribution >= 0.6 is 0 Å². The molecule has 1 saturated heterocycles. The SMILES string of the molecule is COC(=O)CC(B1OC(C)(C)C(C)(C)O1)c1cn(-c2ccccc2)nc1-c1ccncc1. The van der Waals surface area contributed by atoms with Crippen LogP contribution in [0.15, 0.2) is 61.1 Å². The molecule has 0 spiro atoms. The monoisotopic (exact) mass is 433 g/mol. The van der Waals surface area contributed by atoms with Gasteiger partial charge >= 0.3 is 13.1 Å². The van der Waals surface area contributed by atoms with Gasteiger partial charge in [-0.15, -0.1) is 0 Å². The number of ether oxygens (including phenoxy) is 1. The lowest BCUT2D eigenvalue weighted by Crippen LogP contribution is -2.41. The van der Waals surface area contributed by atoms with E-state index in [0.717, 1.165) is 22.5 Å². The van der Waals surface area contributed by atoms with Gasteiger partial charge in [-0.3, -0.25) is 9.78 Å². The second kappa shape index (κ2) is 8.52. The number of esters is 1. The van der Waals surface area contributed by atoms with E-state index in [1.165, 1.54) is 7.11 Å². The van der Waals surface area contributed by atoms with Gasteiger partial charge in [-0.1, -0.05) is 18.2 Å². The van der Waals surface area contributed by atoms with E-state index < -0.39 is 24.1 Å². The van der Waals surface area contributed by atoms with Gasteiger partial charge < -0.3 is 14.0 Å². The molecule has 1 atom stereocenters. The summed E-state index contributed by atoms with van der Waals surface area (Å²) in [6.07, 6.45) is 5.51. The summed E-state index contributed by atoms with van der Waals surface area (Å²) in [6.45, 7) is 8.00. The van der Waals surface area contributed by atoms with Crippen molar-refractivity contribution in [1.82, 2.24) is 14.8 Å². The van der Waals surface area contributed by atoms with Crippen molar-refractivity contribution in [3.8, 4) is 16.9 Å². The van der Waals surface area contributed by atoms with E-state index in [-0.39, 0.29) is 12.4 Å². The molecule has 1 aliphatic rings. The van der Waals surface area contributed by atoms with Crippen LogP contribution < -0.4 is 0 Å². The van der Waals surface area contributed by atoms with Crippen LogP contribution in [-0.4, -0.2) is 46.2 Å². The molecule has 0 saturated carbocycles. The summed E-state index contributed by atoms with van der Waals surface area (Å²) in [7, 11) is 0.758. The van der Waals surface area contributed by atoms with Crippen molar-refractivity contribution in [2.24, 2.45) is 0 Å². The molecule has 3 heterocycles. The van der Waals surface area contributed by atoms with Gasteiger partial charge in [-0.05, 0) is 52.0 Å². The Morgan fingerprint density at radius 3 is 2.28 bits per heavy atom. The minimum absolute atomic E-state index is 0.103. The predicted octanol–water partition coefficient (Wildman–Crippen LogP) is 4.21. The summed E-state index contributed by atoms with van der Waals surface area (Å²) in [5, 5.41) is 4.87. The number of nitrogens with zero attached hydrogens (tertiary/aromatic N) is 3. The molecule has 2 aromatic heterocycles. The fraction of sp³-hybridized carbons (Fsp3) is 0.375. The molecule has 1 fully saturated rings. The number of carbonyl (C=O) groups excluding carboxylic acids is 1. The Bertz CT molecular complexity index is 1070. The highest BCUT2D eigenvalue weighted by atomic mass is 16.7. The molecule has 0 aliphatic carbocycles. The first-order valence-corrected chi connectivity index (χ1v) is 10.7. The van der Waals surface area contributed by atoms with E-state index in [1.807, 2.05) is 81.0 Å². The first-order chi connectivity index (χ1) is 15.2. The molecule has 166 valence electrons. The standard InChI is InChI=1S/C24H28BN3O4/c1-23(2)24(3,4)32-25(31-23)20(15-21(29)30-5)19-16-28(18-9-7-6-8-10-18)27-22(19)17-11-13-26-14-12-17/h6-14,16,20H,15H2,1-5H3. The Balaban J connectivity index is 1.84. The smallest absolute Gasteiger partial charge is 0.466 e. The molecule has 1 unspecified atom stereocenters. The molecule has 8 heteroatoms. The van der Waals surface area contributed by atoms with E-state index in [0.29, 0.717) is 0 Å². The maximum atomic E-state index is 12.4. The highest BCUT2D eigenvalue weighted by molar-refractivity contribution is 6.48. The van der Waals surface area contributed by atoms with Gasteiger partial charge in [0.15, 0.2) is 0 Å². The minimum atomic E-state index is -0.631. The van der Waals surface area contributed by atoms with Crippen LogP contribution in [0.5, 0.6) is 0 Å². The Kier molecular flexibility index (Phi) is 5.92. The number of pyridine rings is 1. The van der Waals surface area contributed by atoms with Crippen molar-refractivity contribution >= 4 is 13.1 Å². The summed E-state index contributed by atoms with van der Waals surface area (Å²) in [5.41, 5.74) is 2.36. The molecular weight excluding hydrogens is 405 g/mol. The highest BCUT2D eigenvalue weighted by Gasteiger charge is 2.55. The first kappa shape index (κ1) is 22.2. The molecule has 1 aliphatic heterocycles. The molecule has 0 radical (unpaired) electrons. The fourth-order valence-corrected chi connectivity index (χ4v) is 3.77. The van der Waals surface area contributed by atoms with Crippen molar-refractivity contribution < 1.29 is 18.8 Å². The predicted molar refractivity (Wildman–Crippen MR) is 122 cm³/mol. The third kappa shape index (κ3) is 4.20. The topological polar surface area (TPSA) is 75.5 Å². The molecule has 7 nitrogen and oxygen atoms in total. The zero-order valence-corrected chi connectivity index (χ0v) is 19.1. The van der Waals surface area contributed by atoms with E-state index in [1.54, 1.807) is 12.4 Å². The number of benzene rings is 1. The van der Waals surface area contributed by atoms with Crippen molar-refractivity contribution in [2.45, 2.75) is 51.1 Å². The Labute approximate surface area is 188 Å². The lowest BCUT2D eigenvalue weighted by Gasteiger charge is -2.32. The summed E-state index contributed by atoms with van der Waals surface area (Å²) in [6, 6.07) is 13.7. The van der Waals surface area contributed by atoms with E-state index in [4.69, 9.17) is 19.1 Å². The van der Waals surface area contributed by atoms with Crippen LogP contribution in [0, 0.1) is 0 Å². The van der Waals surface area contributed by atoms with Crippen molar-refractivity contribution in [2.75, 3.05) is 7.11 Å². The average Bonchev–Trinajstić information content (AvgIpc) is 3.31. The molecule has 0 amide bonds. The van der Waals surface area contributed by atoms with Crippen LogP contribution in [0.4, 0.5) is 0 Å². The lowest BCUT2D eigenvalue weighted by molar-refractivity contribution is -0.140. The third-order valence-corrected chi connectivity index (χ3v) is 6.33. The Hall–Kier alpha value is -2.97. The number of rotatable bonds is 6. The van der Waals surface area contributed by atoms with E-state index >= 15 is 0 Å². The quantitative estimate of drug-likeness (QED) is 0.428. The number of para-hydroxylation sites is 1. The number of carbonyl (C=O) groups is 1. The van der Waals surface area contributed by atoms with Gasteiger partial charge in [0.05, 0.1) is 36.1 Å².